The SMILES string of the molecule is O=C(CN1C(=O)/C(=C\c2cccc(Cl)c2)OC2CCCCC21)NCC1COc2ccccc2O1. The summed E-state index contributed by atoms with van der Waals surface area (Å²) in [5, 5.41) is 3.49. The van der Waals surface area contributed by atoms with Crippen LogP contribution >= 0.6 is 11.6 Å². The van der Waals surface area contributed by atoms with E-state index in [4.69, 9.17) is 25.8 Å². The van der Waals surface area contributed by atoms with Crippen molar-refractivity contribution >= 4 is 29.5 Å². The number of fused-ring (bicyclic) bond motifs is 2. The van der Waals surface area contributed by atoms with E-state index in [1.165, 1.54) is 0 Å². The van der Waals surface area contributed by atoms with Crippen molar-refractivity contribution in [3.63, 3.8) is 0 Å². The number of nitrogens with zero attached hydrogens (tertiary/aromatic N) is 1. The molecule has 8 heteroatoms. The maximum Gasteiger partial charge on any atom is 0.289 e. The van der Waals surface area contributed by atoms with Gasteiger partial charge in [-0.3, -0.25) is 9.59 Å². The third kappa shape index (κ3) is 4.99. The molecule has 7 nitrogen and oxygen atoms in total. The molecule has 5 rings (SSSR count). The van der Waals surface area contributed by atoms with Gasteiger partial charge in [-0.1, -0.05) is 42.3 Å². The number of rotatable bonds is 5. The number of ether oxygens (including phenoxy) is 3. The number of halogens is 1. The number of carbonyl (C=O) groups excluding carboxylic acids is 2. The van der Waals surface area contributed by atoms with Crippen LogP contribution in [0.4, 0.5) is 0 Å². The van der Waals surface area contributed by atoms with Gasteiger partial charge in [-0.15, -0.1) is 0 Å². The molecule has 1 aliphatic carbocycles. The Morgan fingerprint density at radius 1 is 1.09 bits per heavy atom. The number of carbonyl (C=O) groups is 2. The van der Waals surface area contributed by atoms with Crippen molar-refractivity contribution in [2.24, 2.45) is 0 Å². The fraction of sp³-hybridized carbons (Fsp3) is 0.385. The lowest BCUT2D eigenvalue weighted by Gasteiger charge is -2.44. The molecule has 2 heterocycles. The molecule has 34 heavy (non-hydrogen) atoms. The fourth-order valence-corrected chi connectivity index (χ4v) is 4.91. The summed E-state index contributed by atoms with van der Waals surface area (Å²) >= 11 is 6.10. The van der Waals surface area contributed by atoms with Crippen molar-refractivity contribution in [3.05, 3.63) is 64.9 Å². The standard InChI is InChI=1S/C26H27ClN2O5/c27-18-7-5-6-17(12-18)13-24-26(31)29(20-8-1-2-9-21(20)34-24)15-25(30)28-14-19-16-32-22-10-3-4-11-23(22)33-19/h3-7,10-13,19-21H,1-2,8-9,14-16H2,(H,28,30)/b24-13+. The van der Waals surface area contributed by atoms with Gasteiger partial charge in [0.1, 0.15) is 25.4 Å². The highest BCUT2D eigenvalue weighted by Gasteiger charge is 2.42. The second kappa shape index (κ2) is 9.97. The average Bonchev–Trinajstić information content (AvgIpc) is 2.85. The molecular weight excluding hydrogens is 456 g/mol. The number of amides is 2. The molecule has 1 saturated carbocycles. The summed E-state index contributed by atoms with van der Waals surface area (Å²) in [5.74, 6) is 1.11. The molecule has 2 aromatic carbocycles. The molecule has 178 valence electrons. The number of nitrogens with one attached hydrogen (secondary N) is 1. The van der Waals surface area contributed by atoms with Crippen LogP contribution in [0.1, 0.15) is 31.2 Å². The molecule has 3 aliphatic rings. The van der Waals surface area contributed by atoms with E-state index in [0.717, 1.165) is 31.2 Å². The molecule has 2 amide bonds. The highest BCUT2D eigenvalue weighted by Crippen LogP contribution is 2.33. The van der Waals surface area contributed by atoms with Gasteiger partial charge in [0.05, 0.1) is 12.6 Å². The van der Waals surface area contributed by atoms with E-state index in [1.807, 2.05) is 36.4 Å². The highest BCUT2D eigenvalue weighted by atomic mass is 35.5. The highest BCUT2D eigenvalue weighted by molar-refractivity contribution is 6.30. The summed E-state index contributed by atoms with van der Waals surface area (Å²) in [7, 11) is 0. The van der Waals surface area contributed by atoms with Crippen LogP contribution in [0.3, 0.4) is 0 Å². The summed E-state index contributed by atoms with van der Waals surface area (Å²) in [6, 6.07) is 14.6. The first-order valence-electron chi connectivity index (χ1n) is 11.7. The molecule has 0 bridgehead atoms. The maximum atomic E-state index is 13.3. The van der Waals surface area contributed by atoms with E-state index >= 15 is 0 Å². The van der Waals surface area contributed by atoms with E-state index in [-0.39, 0.29) is 42.4 Å². The molecule has 1 saturated heterocycles. The lowest BCUT2D eigenvalue weighted by Crippen LogP contribution is -2.57. The molecule has 0 spiro atoms. The molecule has 2 aliphatic heterocycles. The van der Waals surface area contributed by atoms with Crippen LogP contribution in [0.5, 0.6) is 11.5 Å². The predicted octanol–water partition coefficient (Wildman–Crippen LogP) is 3.81. The van der Waals surface area contributed by atoms with Crippen LogP contribution in [-0.2, 0) is 14.3 Å². The Bertz CT molecular complexity index is 1100. The van der Waals surface area contributed by atoms with Crippen LogP contribution in [0.15, 0.2) is 54.3 Å². The summed E-state index contributed by atoms with van der Waals surface area (Å²) in [4.78, 5) is 27.8. The van der Waals surface area contributed by atoms with Crippen molar-refractivity contribution in [3.8, 4) is 11.5 Å². The quantitative estimate of drug-likeness (QED) is 0.656. The van der Waals surface area contributed by atoms with Gasteiger partial charge in [0.2, 0.25) is 5.91 Å². The lowest BCUT2D eigenvalue weighted by molar-refractivity contribution is -0.151. The van der Waals surface area contributed by atoms with Crippen molar-refractivity contribution < 1.29 is 23.8 Å². The monoisotopic (exact) mass is 482 g/mol. The first-order chi connectivity index (χ1) is 16.6. The number of morpholine rings is 1. The minimum Gasteiger partial charge on any atom is -0.486 e. The summed E-state index contributed by atoms with van der Waals surface area (Å²) < 4.78 is 17.7. The average molecular weight is 483 g/mol. The van der Waals surface area contributed by atoms with E-state index in [2.05, 4.69) is 5.32 Å². The van der Waals surface area contributed by atoms with Crippen molar-refractivity contribution in [2.45, 2.75) is 43.9 Å². The second-order valence-corrected chi connectivity index (χ2v) is 9.24. The van der Waals surface area contributed by atoms with Gasteiger partial charge in [0, 0.05) is 5.02 Å². The topological polar surface area (TPSA) is 77.1 Å². The van der Waals surface area contributed by atoms with E-state index in [1.54, 1.807) is 23.1 Å². The van der Waals surface area contributed by atoms with Crippen molar-refractivity contribution in [2.75, 3.05) is 19.7 Å². The van der Waals surface area contributed by atoms with E-state index in [9.17, 15) is 9.59 Å². The molecule has 2 fully saturated rings. The molecule has 1 N–H and O–H groups in total. The molecule has 3 atom stereocenters. The summed E-state index contributed by atoms with van der Waals surface area (Å²) in [6.45, 7) is 0.621. The normalized spacial score (nSPS) is 24.9. The molecule has 0 aromatic heterocycles. The number of benzene rings is 2. The zero-order valence-corrected chi connectivity index (χ0v) is 19.5. The first-order valence-corrected chi connectivity index (χ1v) is 12.0. The third-order valence-corrected chi connectivity index (χ3v) is 6.61. The zero-order chi connectivity index (χ0) is 23.5. The molecule has 0 radical (unpaired) electrons. The zero-order valence-electron chi connectivity index (χ0n) is 18.7. The Labute approximate surface area is 203 Å². The van der Waals surface area contributed by atoms with Gasteiger partial charge in [-0.05, 0) is 55.2 Å². The Kier molecular flexibility index (Phi) is 6.63. The lowest BCUT2D eigenvalue weighted by atomic mass is 9.89. The van der Waals surface area contributed by atoms with E-state index in [0.29, 0.717) is 29.7 Å². The van der Waals surface area contributed by atoms with Gasteiger partial charge in [0.25, 0.3) is 5.91 Å². The van der Waals surface area contributed by atoms with Crippen LogP contribution in [0.25, 0.3) is 6.08 Å². The Balaban J connectivity index is 1.25. The smallest absolute Gasteiger partial charge is 0.289 e. The van der Waals surface area contributed by atoms with Gasteiger partial charge in [-0.25, -0.2) is 0 Å². The first kappa shape index (κ1) is 22.6. The van der Waals surface area contributed by atoms with Gasteiger partial charge in [0.15, 0.2) is 17.3 Å². The second-order valence-electron chi connectivity index (χ2n) is 8.81. The van der Waals surface area contributed by atoms with Crippen LogP contribution in [0, 0.1) is 0 Å². The number of para-hydroxylation sites is 2. The van der Waals surface area contributed by atoms with E-state index < -0.39 is 0 Å². The largest absolute Gasteiger partial charge is 0.486 e. The molecule has 3 unspecified atom stereocenters. The van der Waals surface area contributed by atoms with Crippen LogP contribution < -0.4 is 14.8 Å². The summed E-state index contributed by atoms with van der Waals surface area (Å²) in [5.41, 5.74) is 0.782. The predicted molar refractivity (Wildman–Crippen MR) is 128 cm³/mol. The van der Waals surface area contributed by atoms with Crippen LogP contribution in [-0.4, -0.2) is 54.7 Å². The van der Waals surface area contributed by atoms with Gasteiger partial charge >= 0.3 is 0 Å². The Morgan fingerprint density at radius 3 is 2.76 bits per heavy atom. The minimum absolute atomic E-state index is 0.0274. The maximum absolute atomic E-state index is 13.3. The van der Waals surface area contributed by atoms with Gasteiger partial charge < -0.3 is 24.4 Å². The summed E-state index contributed by atoms with van der Waals surface area (Å²) in [6.07, 6.45) is 5.03. The number of hydrogen-bond acceptors (Lipinski definition) is 5. The van der Waals surface area contributed by atoms with Crippen molar-refractivity contribution in [1.29, 1.82) is 0 Å². The molecular formula is C26H27ClN2O5. The number of hydrogen-bond donors (Lipinski definition) is 1. The van der Waals surface area contributed by atoms with Gasteiger partial charge in [-0.2, -0.15) is 0 Å². The van der Waals surface area contributed by atoms with Crippen LogP contribution in [0.2, 0.25) is 5.02 Å². The Morgan fingerprint density at radius 2 is 1.91 bits per heavy atom. The minimum atomic E-state index is -0.292. The molecule has 2 aromatic rings. The fourth-order valence-electron chi connectivity index (χ4n) is 4.71. The van der Waals surface area contributed by atoms with Crippen molar-refractivity contribution in [1.82, 2.24) is 10.2 Å². The Hall–Kier alpha value is -3.19. The third-order valence-electron chi connectivity index (χ3n) is 6.37.